The minimum Gasteiger partial charge on any atom is -0.444 e. The summed E-state index contributed by atoms with van der Waals surface area (Å²) in [6.45, 7) is 6.50. The highest BCUT2D eigenvalue weighted by Gasteiger charge is 2.38. The Kier molecular flexibility index (Phi) is 4.62. The van der Waals surface area contributed by atoms with Gasteiger partial charge in [0.05, 0.1) is 11.5 Å². The van der Waals surface area contributed by atoms with Crippen molar-refractivity contribution in [3.8, 4) is 6.07 Å². The van der Waals surface area contributed by atoms with Gasteiger partial charge in [-0.3, -0.25) is 0 Å². The van der Waals surface area contributed by atoms with Gasteiger partial charge in [-0.1, -0.05) is 11.6 Å². The molecule has 0 aromatic carbocycles. The molecular weight excluding hydrogens is 302 g/mol. The molecule has 0 bridgehead atoms. The number of rotatable bonds is 1. The number of amides is 1. The van der Waals surface area contributed by atoms with Gasteiger partial charge in [0.15, 0.2) is 0 Å². The first-order valence-electron chi connectivity index (χ1n) is 7.27. The van der Waals surface area contributed by atoms with Crippen molar-refractivity contribution >= 4 is 17.7 Å². The van der Waals surface area contributed by atoms with E-state index < -0.39 is 11.0 Å². The minimum absolute atomic E-state index is 0.327. The molecule has 0 atom stereocenters. The van der Waals surface area contributed by atoms with Gasteiger partial charge in [0, 0.05) is 19.3 Å². The third kappa shape index (κ3) is 3.69. The zero-order chi connectivity index (χ0) is 16.4. The quantitative estimate of drug-likeness (QED) is 0.742. The third-order valence-corrected chi connectivity index (χ3v) is 3.97. The number of ether oxygens (including phenoxy) is 1. The molecule has 2 rings (SSSR count). The molecule has 0 spiro atoms. The van der Waals surface area contributed by atoms with Crippen LogP contribution >= 0.6 is 11.6 Å². The predicted octanol–water partition coefficient (Wildman–Crippen LogP) is 3.53. The maximum Gasteiger partial charge on any atom is 0.410 e. The van der Waals surface area contributed by atoms with Crippen molar-refractivity contribution < 1.29 is 9.53 Å². The second-order valence-electron chi connectivity index (χ2n) is 6.53. The fourth-order valence-corrected chi connectivity index (χ4v) is 2.74. The highest BCUT2D eigenvalue weighted by molar-refractivity contribution is 6.29. The first-order chi connectivity index (χ1) is 10.3. The van der Waals surface area contributed by atoms with Crippen LogP contribution in [0.1, 0.15) is 39.2 Å². The summed E-state index contributed by atoms with van der Waals surface area (Å²) in [4.78, 5) is 17.7. The topological polar surface area (TPSA) is 66.2 Å². The van der Waals surface area contributed by atoms with Gasteiger partial charge in [-0.15, -0.1) is 0 Å². The number of hydrogen-bond donors (Lipinski definition) is 0. The van der Waals surface area contributed by atoms with Crippen LogP contribution in [0.15, 0.2) is 18.3 Å². The molecule has 1 aliphatic rings. The van der Waals surface area contributed by atoms with E-state index in [-0.39, 0.29) is 6.09 Å². The fourth-order valence-electron chi connectivity index (χ4n) is 2.56. The van der Waals surface area contributed by atoms with Crippen molar-refractivity contribution in [1.29, 1.82) is 5.26 Å². The Balaban J connectivity index is 2.09. The molecule has 0 unspecified atom stereocenters. The lowest BCUT2D eigenvalue weighted by Crippen LogP contribution is -2.46. The van der Waals surface area contributed by atoms with Gasteiger partial charge in [-0.05, 0) is 51.3 Å². The summed E-state index contributed by atoms with van der Waals surface area (Å²) in [5.74, 6) is 0. The maximum atomic E-state index is 12.1. The summed E-state index contributed by atoms with van der Waals surface area (Å²) < 4.78 is 5.38. The molecule has 118 valence electrons. The van der Waals surface area contributed by atoms with Gasteiger partial charge in [-0.2, -0.15) is 5.26 Å². The Morgan fingerprint density at radius 1 is 1.45 bits per heavy atom. The lowest BCUT2D eigenvalue weighted by atomic mass is 9.74. The smallest absolute Gasteiger partial charge is 0.410 e. The van der Waals surface area contributed by atoms with Gasteiger partial charge < -0.3 is 9.64 Å². The van der Waals surface area contributed by atoms with Crippen molar-refractivity contribution in [2.24, 2.45) is 0 Å². The first-order valence-corrected chi connectivity index (χ1v) is 7.65. The molecule has 1 aromatic rings. The number of aromatic nitrogens is 1. The molecule has 6 heteroatoms. The summed E-state index contributed by atoms with van der Waals surface area (Å²) >= 11 is 5.93. The normalized spacial score (nSPS) is 17.7. The van der Waals surface area contributed by atoms with E-state index in [4.69, 9.17) is 16.3 Å². The number of nitriles is 1. The zero-order valence-electron chi connectivity index (χ0n) is 13.1. The van der Waals surface area contributed by atoms with E-state index in [2.05, 4.69) is 11.1 Å². The van der Waals surface area contributed by atoms with Gasteiger partial charge >= 0.3 is 6.09 Å². The molecule has 0 N–H and O–H groups in total. The second-order valence-corrected chi connectivity index (χ2v) is 6.92. The van der Waals surface area contributed by atoms with E-state index in [1.807, 2.05) is 26.8 Å². The number of carbonyl (C=O) groups is 1. The molecule has 1 aliphatic heterocycles. The largest absolute Gasteiger partial charge is 0.444 e. The average molecular weight is 322 g/mol. The Morgan fingerprint density at radius 3 is 2.59 bits per heavy atom. The molecular formula is C16H20ClN3O2. The minimum atomic E-state index is -0.620. The zero-order valence-corrected chi connectivity index (χ0v) is 13.9. The van der Waals surface area contributed by atoms with Crippen molar-refractivity contribution in [2.75, 3.05) is 13.1 Å². The van der Waals surface area contributed by atoms with Gasteiger partial charge in [0.1, 0.15) is 10.8 Å². The van der Waals surface area contributed by atoms with Crippen LogP contribution in [0.3, 0.4) is 0 Å². The van der Waals surface area contributed by atoms with Gasteiger partial charge in [-0.25, -0.2) is 9.78 Å². The number of carbonyl (C=O) groups excluding carboxylic acids is 1. The molecule has 0 saturated carbocycles. The Bertz CT molecular complexity index is 596. The number of piperidine rings is 1. The lowest BCUT2D eigenvalue weighted by molar-refractivity contribution is 0.0185. The SMILES string of the molecule is CC(C)(C)OC(=O)N1CCC(C#N)(c2ccnc(Cl)c2)CC1. The van der Waals surface area contributed by atoms with Crippen LogP contribution in [0.4, 0.5) is 4.79 Å². The Morgan fingerprint density at radius 2 is 2.09 bits per heavy atom. The van der Waals surface area contributed by atoms with Crippen molar-refractivity contribution in [2.45, 2.75) is 44.6 Å². The van der Waals surface area contributed by atoms with Crippen molar-refractivity contribution in [3.05, 3.63) is 29.0 Å². The number of likely N-dealkylation sites (tertiary alicyclic amines) is 1. The van der Waals surface area contributed by atoms with Crippen LogP contribution in [-0.4, -0.2) is 34.7 Å². The van der Waals surface area contributed by atoms with Crippen LogP contribution in [0.25, 0.3) is 0 Å². The van der Waals surface area contributed by atoms with E-state index in [1.54, 1.807) is 17.2 Å². The van der Waals surface area contributed by atoms with Crippen molar-refractivity contribution in [1.82, 2.24) is 9.88 Å². The van der Waals surface area contributed by atoms with Crippen LogP contribution in [0.2, 0.25) is 5.15 Å². The molecule has 22 heavy (non-hydrogen) atoms. The molecule has 1 saturated heterocycles. The van der Waals surface area contributed by atoms with E-state index >= 15 is 0 Å². The van der Waals surface area contributed by atoms with Gasteiger partial charge in [0.2, 0.25) is 0 Å². The molecule has 1 fully saturated rings. The molecule has 0 aliphatic carbocycles. The Hall–Kier alpha value is -1.80. The predicted molar refractivity (Wildman–Crippen MR) is 83.6 cm³/mol. The highest BCUT2D eigenvalue weighted by atomic mass is 35.5. The summed E-state index contributed by atoms with van der Waals surface area (Å²) in [5, 5.41) is 10.0. The fraction of sp³-hybridized carbons (Fsp3) is 0.562. The average Bonchev–Trinajstić information content (AvgIpc) is 2.45. The second kappa shape index (κ2) is 6.13. The monoisotopic (exact) mass is 321 g/mol. The molecule has 1 aromatic heterocycles. The number of hydrogen-bond acceptors (Lipinski definition) is 4. The van der Waals surface area contributed by atoms with Crippen LogP contribution in [0.5, 0.6) is 0 Å². The van der Waals surface area contributed by atoms with Gasteiger partial charge in [0.25, 0.3) is 0 Å². The molecule has 5 nitrogen and oxygen atoms in total. The van der Waals surface area contributed by atoms with E-state index in [0.717, 1.165) is 5.56 Å². The lowest BCUT2D eigenvalue weighted by Gasteiger charge is -2.38. The van der Waals surface area contributed by atoms with E-state index in [0.29, 0.717) is 31.1 Å². The molecule has 2 heterocycles. The van der Waals surface area contributed by atoms with Crippen molar-refractivity contribution in [3.63, 3.8) is 0 Å². The summed E-state index contributed by atoms with van der Waals surface area (Å²) in [5.41, 5.74) is -0.274. The standard InChI is InChI=1S/C16H20ClN3O2/c1-15(2,3)22-14(21)20-8-5-16(11-18,6-9-20)12-4-7-19-13(17)10-12/h4,7,10H,5-6,8-9H2,1-3H3. The van der Waals surface area contributed by atoms with E-state index in [1.165, 1.54) is 0 Å². The van der Waals surface area contributed by atoms with Crippen LogP contribution in [0, 0.1) is 11.3 Å². The maximum absolute atomic E-state index is 12.1. The summed E-state index contributed by atoms with van der Waals surface area (Å²) in [6, 6.07) is 5.95. The number of nitrogens with zero attached hydrogens (tertiary/aromatic N) is 3. The van der Waals surface area contributed by atoms with Crippen LogP contribution < -0.4 is 0 Å². The molecule has 1 amide bonds. The highest BCUT2D eigenvalue weighted by Crippen LogP contribution is 2.35. The summed E-state index contributed by atoms with van der Waals surface area (Å²) in [7, 11) is 0. The Labute approximate surface area is 135 Å². The number of halogens is 1. The molecule has 0 radical (unpaired) electrons. The number of pyridine rings is 1. The van der Waals surface area contributed by atoms with E-state index in [9.17, 15) is 10.1 Å². The summed E-state index contributed by atoms with van der Waals surface area (Å²) in [6.07, 6.45) is 2.40. The van der Waals surface area contributed by atoms with Crippen LogP contribution in [-0.2, 0) is 10.2 Å². The third-order valence-electron chi connectivity index (χ3n) is 3.76. The first kappa shape index (κ1) is 16.6.